The molecule has 0 unspecified atom stereocenters. The zero-order valence-electron chi connectivity index (χ0n) is 52.6. The number of aromatic nitrogens is 6. The van der Waals surface area contributed by atoms with E-state index in [0.717, 1.165) is 60.7 Å². The highest BCUT2D eigenvalue weighted by molar-refractivity contribution is 7.87. The van der Waals surface area contributed by atoms with Gasteiger partial charge >= 0.3 is 0 Å². The third kappa shape index (κ3) is 16.7. The second kappa shape index (κ2) is 28.7. The third-order valence-corrected chi connectivity index (χ3v) is 20.5. The van der Waals surface area contributed by atoms with Gasteiger partial charge in [0.2, 0.25) is 35.7 Å². The van der Waals surface area contributed by atoms with E-state index in [2.05, 4.69) is 71.6 Å². The first-order valence-corrected chi connectivity index (χ1v) is 38.4. The molecule has 0 atom stereocenters. The van der Waals surface area contributed by atoms with Crippen LogP contribution < -0.4 is 31.1 Å². The van der Waals surface area contributed by atoms with Crippen molar-refractivity contribution in [2.45, 2.75) is 29.4 Å². The molecule has 0 aliphatic carbocycles. The summed E-state index contributed by atoms with van der Waals surface area (Å²) in [5.74, 6) is -3.65. The van der Waals surface area contributed by atoms with Gasteiger partial charge in [0.15, 0.2) is 11.5 Å². The Kier molecular flexibility index (Phi) is 20.1. The summed E-state index contributed by atoms with van der Waals surface area (Å²) in [5, 5.41) is 49.0. The maximum Gasteiger partial charge on any atom is 0.296 e. The number of hydrogen-bond acceptors (Lipinski definition) is 32. The average Bonchev–Trinajstić information content (AvgIpc) is 0.750. The van der Waals surface area contributed by atoms with Crippen LogP contribution >= 0.6 is 0 Å². The minimum absolute atomic E-state index is 0.0728. The first-order valence-electron chi connectivity index (χ1n) is 29.8. The lowest BCUT2D eigenvalue weighted by Crippen LogP contribution is -2.37. The van der Waals surface area contributed by atoms with Crippen LogP contribution in [0.15, 0.2) is 183 Å². The molecule has 8 aromatic carbocycles. The monoisotopic (exact) mass is 1540 g/mol. The second-order valence-corrected chi connectivity index (χ2v) is 30.7. The van der Waals surface area contributed by atoms with Crippen molar-refractivity contribution in [3.8, 4) is 11.5 Å². The Bertz CT molecular complexity index is 5580. The zero-order chi connectivity index (χ0) is 74.3. The molecule has 12 N–H and O–H groups in total. The van der Waals surface area contributed by atoms with Crippen LogP contribution in [-0.4, -0.2) is 171 Å². The number of benzene rings is 8. The predicted molar refractivity (Wildman–Crippen MR) is 372 cm³/mol. The normalized spacial score (nSPS) is 14.4. The molecular formula is C60H52N16O22S6. The van der Waals surface area contributed by atoms with Crippen LogP contribution in [0, 0.1) is 0 Å². The van der Waals surface area contributed by atoms with Crippen LogP contribution in [0.25, 0.3) is 33.7 Å². The largest absolute Gasteiger partial charge is 0.505 e. The summed E-state index contributed by atoms with van der Waals surface area (Å²) >= 11 is 0. The Hall–Kier alpha value is -11.0. The van der Waals surface area contributed by atoms with Gasteiger partial charge in [0.25, 0.3) is 60.7 Å². The standard InChI is InChI=1S/C60H52N16O22S6/c77-53-49-35(27-47(103(91,92)93)51(53)73-71-37-7-3-1-4-8-37)25-41(99(79,80)81)31-43(49)63-57-65-55(67-59(69-57)75-17-21-97-22-18-75)61-39-15-13-33(45(29-39)101(85,86)87)11-12-34-14-16-40(30-46(34)102(88,89)90)62-56-66-58(70-60(68-56)76-19-23-98-24-20-76)64-44-32-42(100(82,83)84)26-36-28-48(104(94,95)96)52(54(78)50(36)44)74-72-38-9-5-2-6-10-38/h1-16,25-32,77-78H,17-24H2,(H,79,80,81)(H,82,83,84)(H,85,86,87)(H,88,89,90)(H,91,92,93)(H,94,95,96)(H2,61,63,65,67,69)(H2,62,64,66,68,70). The number of phenols is 2. The molecule has 38 nitrogen and oxygen atoms in total. The minimum Gasteiger partial charge on any atom is -0.505 e. The third-order valence-electron chi connectivity index (χ3n) is 15.3. The van der Waals surface area contributed by atoms with Crippen LogP contribution in [0.2, 0.25) is 0 Å². The van der Waals surface area contributed by atoms with Gasteiger partial charge in [0, 0.05) is 48.3 Å². The fourth-order valence-electron chi connectivity index (χ4n) is 10.6. The number of anilines is 10. The summed E-state index contributed by atoms with van der Waals surface area (Å²) in [5.41, 5.74) is -2.82. The van der Waals surface area contributed by atoms with Gasteiger partial charge in [-0.3, -0.25) is 27.3 Å². The Morgan fingerprint density at radius 1 is 0.375 bits per heavy atom. The number of nitrogens with zero attached hydrogens (tertiary/aromatic N) is 12. The van der Waals surface area contributed by atoms with E-state index in [4.69, 9.17) is 9.47 Å². The Morgan fingerprint density at radius 3 is 1.04 bits per heavy atom. The first-order chi connectivity index (χ1) is 49.1. The van der Waals surface area contributed by atoms with E-state index in [9.17, 15) is 88.0 Å². The zero-order valence-corrected chi connectivity index (χ0v) is 57.5. The maximum absolute atomic E-state index is 13.2. The van der Waals surface area contributed by atoms with E-state index in [-0.39, 0.29) is 132 Å². The number of azo groups is 2. The number of ether oxygens (including phenoxy) is 2. The Balaban J connectivity index is 0.875. The lowest BCUT2D eigenvalue weighted by Gasteiger charge is -2.27. The lowest BCUT2D eigenvalue weighted by molar-refractivity contribution is 0.122. The van der Waals surface area contributed by atoms with E-state index in [1.807, 2.05) is 0 Å². The van der Waals surface area contributed by atoms with Gasteiger partial charge in [-0.15, -0.1) is 10.2 Å². The quantitative estimate of drug-likeness (QED) is 0.0171. The van der Waals surface area contributed by atoms with Gasteiger partial charge in [-0.05, 0) is 107 Å². The van der Waals surface area contributed by atoms with E-state index in [1.165, 1.54) is 48.5 Å². The van der Waals surface area contributed by atoms with Crippen molar-refractivity contribution in [3.05, 3.63) is 145 Å². The van der Waals surface area contributed by atoms with Crippen LogP contribution in [0.3, 0.4) is 0 Å². The molecule has 0 saturated carbocycles. The van der Waals surface area contributed by atoms with Crippen LogP contribution in [0.5, 0.6) is 11.5 Å². The summed E-state index contributed by atoms with van der Waals surface area (Å²) in [6, 6.07) is 27.2. The van der Waals surface area contributed by atoms with Crippen LogP contribution in [0.4, 0.5) is 81.2 Å². The van der Waals surface area contributed by atoms with Crippen molar-refractivity contribution in [1.82, 2.24) is 29.9 Å². The SMILES string of the molecule is O=S(=O)(O)c1cc(Nc2nc(Nc3ccc(C=Cc4ccc(Nc5nc(Nc6cc(S(=O)(=O)O)cc7cc(S(=O)(=O)O)c(N=Nc8ccccc8)c(O)c67)nc(N6CCOCC6)n5)cc4S(=O)(=O)O)c(S(=O)(=O)O)c3)nc(N3CCOCC3)n2)c2c(O)c(N=Nc3ccccc3)c(S(=O)(=O)O)cc2c1. The molecule has 0 amide bonds. The van der Waals surface area contributed by atoms with E-state index in [0.29, 0.717) is 0 Å². The number of aromatic hydroxyl groups is 2. The van der Waals surface area contributed by atoms with Gasteiger partial charge in [0.05, 0.1) is 59.0 Å². The summed E-state index contributed by atoms with van der Waals surface area (Å²) in [6.45, 7) is 1.58. The van der Waals surface area contributed by atoms with Crippen molar-refractivity contribution in [3.63, 3.8) is 0 Å². The molecule has 104 heavy (non-hydrogen) atoms. The number of rotatable bonds is 22. The second-order valence-electron chi connectivity index (χ2n) is 22.3. The molecule has 2 saturated heterocycles. The van der Waals surface area contributed by atoms with Crippen molar-refractivity contribution >= 4 is 176 Å². The highest BCUT2D eigenvalue weighted by Crippen LogP contribution is 2.48. The summed E-state index contributed by atoms with van der Waals surface area (Å²) < 4.78 is 228. The fourth-order valence-corrected chi connectivity index (χ4v) is 14.4. The Labute approximate surface area is 589 Å². The molecule has 0 bridgehead atoms. The molecule has 12 rings (SSSR count). The molecule has 10 aromatic rings. The maximum atomic E-state index is 13.2. The lowest BCUT2D eigenvalue weighted by atomic mass is 10.1. The average molecular weight is 1540 g/mol. The number of hydrogen-bond donors (Lipinski definition) is 12. The molecule has 2 aliphatic heterocycles. The van der Waals surface area contributed by atoms with Crippen molar-refractivity contribution in [2.24, 2.45) is 20.5 Å². The number of nitrogens with one attached hydrogen (secondary N) is 4. The molecule has 0 radical (unpaired) electrons. The minimum atomic E-state index is -5.24. The van der Waals surface area contributed by atoms with Gasteiger partial charge in [-0.2, -0.15) is 90.6 Å². The molecule has 4 heterocycles. The van der Waals surface area contributed by atoms with Gasteiger partial charge < -0.3 is 50.8 Å². The molecule has 540 valence electrons. The molecular weight excluding hydrogens is 1490 g/mol. The molecule has 2 fully saturated rings. The van der Waals surface area contributed by atoms with Crippen molar-refractivity contribution in [1.29, 1.82) is 0 Å². The predicted octanol–water partition coefficient (Wildman–Crippen LogP) is 8.90. The summed E-state index contributed by atoms with van der Waals surface area (Å²) in [7, 11) is -31.1. The molecule has 0 spiro atoms. The molecule has 2 aromatic heterocycles. The molecule has 44 heteroatoms. The summed E-state index contributed by atoms with van der Waals surface area (Å²) in [4.78, 5) is 24.7. The molecule has 2 aliphatic rings. The van der Waals surface area contributed by atoms with Crippen molar-refractivity contribution in [2.75, 3.05) is 83.7 Å². The van der Waals surface area contributed by atoms with Crippen LogP contribution in [-0.2, 0) is 70.2 Å². The van der Waals surface area contributed by atoms with Gasteiger partial charge in [-0.1, -0.05) is 60.7 Å². The van der Waals surface area contributed by atoms with Crippen LogP contribution in [0.1, 0.15) is 11.1 Å². The first kappa shape index (κ1) is 72.8. The fraction of sp³-hybridized carbons (Fsp3) is 0.133. The highest BCUT2D eigenvalue weighted by Gasteiger charge is 2.30. The van der Waals surface area contributed by atoms with E-state index in [1.54, 1.807) is 46.2 Å². The van der Waals surface area contributed by atoms with E-state index < -0.39 is 136 Å². The van der Waals surface area contributed by atoms with Gasteiger partial charge in [-0.25, -0.2) is 0 Å². The number of fused-ring (bicyclic) bond motifs is 2. The Morgan fingerprint density at radius 2 is 0.712 bits per heavy atom. The highest BCUT2D eigenvalue weighted by atomic mass is 32.2. The summed E-state index contributed by atoms with van der Waals surface area (Å²) in [6.07, 6.45) is 2.16. The topological polar surface area (TPSA) is 567 Å². The van der Waals surface area contributed by atoms with Gasteiger partial charge in [0.1, 0.15) is 31.0 Å². The number of morpholine rings is 2. The number of phenolic OH excluding ortho intramolecular Hbond substituents is 2. The van der Waals surface area contributed by atoms with Crippen molar-refractivity contribution < 1.29 is 97.5 Å². The smallest absolute Gasteiger partial charge is 0.296 e. The van der Waals surface area contributed by atoms with E-state index >= 15 is 0 Å².